The third kappa shape index (κ3) is 3.01. The highest BCUT2D eigenvalue weighted by Crippen LogP contribution is 2.22. The van der Waals surface area contributed by atoms with Crippen molar-refractivity contribution in [2.75, 3.05) is 13.7 Å². The van der Waals surface area contributed by atoms with Crippen molar-refractivity contribution >= 4 is 17.3 Å². The van der Waals surface area contributed by atoms with Crippen LogP contribution in [0.15, 0.2) is 11.4 Å². The Morgan fingerprint density at radius 3 is 2.93 bits per heavy atom. The van der Waals surface area contributed by atoms with Crippen LogP contribution in [0, 0.1) is 0 Å². The van der Waals surface area contributed by atoms with E-state index in [9.17, 15) is 4.79 Å². The minimum Gasteiger partial charge on any atom is -0.487 e. The van der Waals surface area contributed by atoms with Crippen molar-refractivity contribution in [2.45, 2.75) is 13.0 Å². The molecule has 0 fully saturated rings. The number of methoxy groups -OCH3 is 1. The maximum atomic E-state index is 10.6. The van der Waals surface area contributed by atoms with Gasteiger partial charge in [-0.1, -0.05) is 0 Å². The van der Waals surface area contributed by atoms with Crippen LogP contribution in [-0.4, -0.2) is 30.9 Å². The van der Waals surface area contributed by atoms with Gasteiger partial charge < -0.3 is 14.6 Å². The van der Waals surface area contributed by atoms with Gasteiger partial charge in [-0.15, -0.1) is 11.3 Å². The van der Waals surface area contributed by atoms with Crippen molar-refractivity contribution < 1.29 is 19.4 Å². The average molecular weight is 216 g/mol. The van der Waals surface area contributed by atoms with Gasteiger partial charge in [-0.2, -0.15) is 0 Å². The van der Waals surface area contributed by atoms with Crippen LogP contribution in [0.2, 0.25) is 0 Å². The van der Waals surface area contributed by atoms with Crippen LogP contribution in [0.5, 0.6) is 5.75 Å². The summed E-state index contributed by atoms with van der Waals surface area (Å²) in [5.74, 6) is -0.346. The molecule has 1 aromatic heterocycles. The normalized spacial score (nSPS) is 12.4. The van der Waals surface area contributed by atoms with E-state index < -0.39 is 5.97 Å². The number of hydrogen-bond acceptors (Lipinski definition) is 4. The zero-order valence-electron chi connectivity index (χ0n) is 8.02. The van der Waals surface area contributed by atoms with Gasteiger partial charge in [0.15, 0.2) is 0 Å². The summed E-state index contributed by atoms with van der Waals surface area (Å²) in [7, 11) is 1.59. The van der Waals surface area contributed by atoms with Gasteiger partial charge in [-0.05, 0) is 6.92 Å². The fraction of sp³-hybridized carbons (Fsp3) is 0.444. The van der Waals surface area contributed by atoms with Gasteiger partial charge >= 0.3 is 5.97 Å². The molecule has 1 aromatic rings. The molecule has 0 amide bonds. The van der Waals surface area contributed by atoms with E-state index in [4.69, 9.17) is 14.6 Å². The van der Waals surface area contributed by atoms with Gasteiger partial charge in [0.1, 0.15) is 16.7 Å². The van der Waals surface area contributed by atoms with Crippen LogP contribution >= 0.6 is 11.3 Å². The smallest absolute Gasteiger partial charge is 0.346 e. The Hall–Kier alpha value is -1.07. The Kier molecular flexibility index (Phi) is 3.91. The second-order valence-electron chi connectivity index (χ2n) is 2.84. The zero-order valence-corrected chi connectivity index (χ0v) is 8.84. The molecule has 0 aliphatic rings. The van der Waals surface area contributed by atoms with Crippen molar-refractivity contribution in [3.05, 3.63) is 16.3 Å². The van der Waals surface area contributed by atoms with Crippen molar-refractivity contribution in [2.24, 2.45) is 0 Å². The summed E-state index contributed by atoms with van der Waals surface area (Å²) in [5, 5.41) is 10.3. The van der Waals surface area contributed by atoms with Crippen molar-refractivity contribution in [3.8, 4) is 5.75 Å². The summed E-state index contributed by atoms with van der Waals surface area (Å²) in [4.78, 5) is 10.8. The molecular formula is C9H12O4S. The molecule has 0 saturated heterocycles. The number of rotatable bonds is 5. The lowest BCUT2D eigenvalue weighted by Crippen LogP contribution is -2.17. The van der Waals surface area contributed by atoms with Crippen LogP contribution in [-0.2, 0) is 4.74 Å². The van der Waals surface area contributed by atoms with Gasteiger partial charge in [0.25, 0.3) is 0 Å². The zero-order chi connectivity index (χ0) is 10.6. The first-order valence-electron chi connectivity index (χ1n) is 4.11. The minimum atomic E-state index is -0.927. The van der Waals surface area contributed by atoms with E-state index in [2.05, 4.69) is 0 Å². The first-order chi connectivity index (χ1) is 6.63. The van der Waals surface area contributed by atoms with E-state index >= 15 is 0 Å². The molecule has 1 N–H and O–H groups in total. The molecule has 0 aliphatic heterocycles. The van der Waals surface area contributed by atoms with Gasteiger partial charge in [-0.25, -0.2) is 4.79 Å². The lowest BCUT2D eigenvalue weighted by Gasteiger charge is -2.11. The highest BCUT2D eigenvalue weighted by molar-refractivity contribution is 7.12. The second kappa shape index (κ2) is 4.97. The quantitative estimate of drug-likeness (QED) is 0.816. The highest BCUT2D eigenvalue weighted by atomic mass is 32.1. The summed E-state index contributed by atoms with van der Waals surface area (Å²) in [5.41, 5.74) is 0. The molecule has 0 saturated carbocycles. The summed E-state index contributed by atoms with van der Waals surface area (Å²) in [6, 6.07) is 1.51. The second-order valence-corrected chi connectivity index (χ2v) is 3.75. The number of aromatic carboxylic acids is 1. The molecule has 0 aromatic carbocycles. The Morgan fingerprint density at radius 1 is 1.71 bits per heavy atom. The highest BCUT2D eigenvalue weighted by Gasteiger charge is 2.09. The molecule has 78 valence electrons. The standard InChI is InChI=1S/C9H12O4S/c1-6(4-12-2)13-7-3-8(9(10)11)14-5-7/h3,5-6H,4H2,1-2H3,(H,10,11). The van der Waals surface area contributed by atoms with E-state index in [1.807, 2.05) is 6.92 Å². The molecule has 4 nitrogen and oxygen atoms in total. The fourth-order valence-electron chi connectivity index (χ4n) is 0.994. The van der Waals surface area contributed by atoms with Crippen LogP contribution in [0.3, 0.4) is 0 Å². The van der Waals surface area contributed by atoms with Crippen molar-refractivity contribution in [1.82, 2.24) is 0 Å². The van der Waals surface area contributed by atoms with E-state index in [1.54, 1.807) is 12.5 Å². The van der Waals surface area contributed by atoms with E-state index in [0.29, 0.717) is 12.4 Å². The first kappa shape index (κ1) is 11.0. The molecule has 14 heavy (non-hydrogen) atoms. The Bertz CT molecular complexity index is 308. The minimum absolute atomic E-state index is 0.0729. The van der Waals surface area contributed by atoms with Crippen LogP contribution in [0.4, 0.5) is 0 Å². The van der Waals surface area contributed by atoms with E-state index in [0.717, 1.165) is 11.3 Å². The number of ether oxygens (including phenoxy) is 2. The van der Waals surface area contributed by atoms with Crippen molar-refractivity contribution in [3.63, 3.8) is 0 Å². The predicted molar refractivity (Wildman–Crippen MR) is 53.2 cm³/mol. The molecule has 1 atom stereocenters. The Balaban J connectivity index is 2.55. The van der Waals surface area contributed by atoms with E-state index in [1.165, 1.54) is 6.07 Å². The summed E-state index contributed by atoms with van der Waals surface area (Å²) < 4.78 is 10.3. The maximum absolute atomic E-state index is 10.6. The molecule has 0 bridgehead atoms. The molecule has 1 unspecified atom stereocenters. The Labute approximate surface area is 86.1 Å². The summed E-state index contributed by atoms with van der Waals surface area (Å²) in [6.07, 6.45) is -0.0729. The van der Waals surface area contributed by atoms with E-state index in [-0.39, 0.29) is 11.0 Å². The van der Waals surface area contributed by atoms with Gasteiger partial charge in [0, 0.05) is 18.6 Å². The monoisotopic (exact) mass is 216 g/mol. The molecule has 1 heterocycles. The lowest BCUT2D eigenvalue weighted by molar-refractivity contribution is 0.0700. The number of carbonyl (C=O) groups is 1. The number of carboxylic acids is 1. The molecule has 5 heteroatoms. The summed E-state index contributed by atoms with van der Waals surface area (Å²) >= 11 is 1.15. The predicted octanol–water partition coefficient (Wildman–Crippen LogP) is 1.86. The van der Waals surface area contributed by atoms with Gasteiger partial charge in [-0.3, -0.25) is 0 Å². The SMILES string of the molecule is COCC(C)Oc1csc(C(=O)O)c1. The van der Waals surface area contributed by atoms with Crippen LogP contribution in [0.1, 0.15) is 16.6 Å². The van der Waals surface area contributed by atoms with Gasteiger partial charge in [0.05, 0.1) is 6.61 Å². The number of carboxylic acid groups (broad SMARTS) is 1. The molecule has 0 radical (unpaired) electrons. The molecule has 0 spiro atoms. The number of thiophene rings is 1. The third-order valence-corrected chi connectivity index (χ3v) is 2.42. The maximum Gasteiger partial charge on any atom is 0.346 e. The Morgan fingerprint density at radius 2 is 2.43 bits per heavy atom. The van der Waals surface area contributed by atoms with Crippen LogP contribution in [0.25, 0.3) is 0 Å². The van der Waals surface area contributed by atoms with Gasteiger partial charge in [0.2, 0.25) is 0 Å². The van der Waals surface area contributed by atoms with Crippen molar-refractivity contribution in [1.29, 1.82) is 0 Å². The van der Waals surface area contributed by atoms with Crippen LogP contribution < -0.4 is 4.74 Å². The topological polar surface area (TPSA) is 55.8 Å². The molecule has 0 aliphatic carbocycles. The fourth-order valence-corrected chi connectivity index (χ4v) is 1.65. The largest absolute Gasteiger partial charge is 0.487 e. The first-order valence-corrected chi connectivity index (χ1v) is 4.99. The average Bonchev–Trinajstić information content (AvgIpc) is 2.53. The third-order valence-electron chi connectivity index (χ3n) is 1.52. The summed E-state index contributed by atoms with van der Waals surface area (Å²) in [6.45, 7) is 2.35. The lowest BCUT2D eigenvalue weighted by atomic mass is 10.4. The molecule has 1 rings (SSSR count). The number of hydrogen-bond donors (Lipinski definition) is 1. The molecular weight excluding hydrogens is 204 g/mol.